The zero-order valence-corrected chi connectivity index (χ0v) is 9.77. The van der Waals surface area contributed by atoms with E-state index in [0.29, 0.717) is 11.1 Å². The van der Waals surface area contributed by atoms with Crippen LogP contribution in [0.5, 0.6) is 0 Å². The van der Waals surface area contributed by atoms with E-state index < -0.39 is 0 Å². The molecule has 0 aliphatic carbocycles. The van der Waals surface area contributed by atoms with Crippen LogP contribution in [0.4, 0.5) is 0 Å². The topological polar surface area (TPSA) is 0 Å². The molecule has 82 valence electrons. The Morgan fingerprint density at radius 2 is 1.17 bits per heavy atom. The van der Waals surface area contributed by atoms with Gasteiger partial charge < -0.3 is 0 Å². The molecule has 0 radical (unpaired) electrons. The van der Waals surface area contributed by atoms with Gasteiger partial charge in [-0.25, -0.2) is 0 Å². The molecule has 0 saturated heterocycles. The van der Waals surface area contributed by atoms with Crippen molar-refractivity contribution >= 4 is 12.2 Å². The number of benzene rings is 1. The third kappa shape index (κ3) is 3.51. The Balaban J connectivity index is 3.19. The molecule has 0 aliphatic heterocycles. The lowest BCUT2D eigenvalue weighted by Gasteiger charge is -1.98. The normalized spacial score (nSPS) is 7.78. The van der Waals surface area contributed by atoms with Gasteiger partial charge in [0.25, 0.3) is 0 Å². The molecule has 0 amide bonds. The smallest absolute Gasteiger partial charge is 0.0744 e. The minimum atomic E-state index is 0.491. The molecule has 0 saturated carbocycles. The molecule has 0 heteroatoms. The molecule has 0 fully saturated rings. The first-order valence-electron chi connectivity index (χ1n) is 5.13. The lowest BCUT2D eigenvalue weighted by atomic mass is 10.1. The first-order valence-corrected chi connectivity index (χ1v) is 5.13. The van der Waals surface area contributed by atoms with Crippen molar-refractivity contribution in [2.75, 3.05) is 0 Å². The van der Waals surface area contributed by atoms with E-state index in [0.717, 1.165) is 11.1 Å². The zero-order valence-electron chi connectivity index (χ0n) is 9.77. The Morgan fingerprint density at radius 3 is 1.50 bits per heavy atom. The third-order valence-electron chi connectivity index (χ3n) is 2.15. The number of rotatable bonds is 2. The summed E-state index contributed by atoms with van der Waals surface area (Å²) in [4.78, 5) is 0. The predicted octanol–water partition coefficient (Wildman–Crippen LogP) is 2.99. The molecule has 18 heavy (non-hydrogen) atoms. The van der Waals surface area contributed by atoms with E-state index in [1.54, 1.807) is 12.2 Å². The number of allylic oxidation sites excluding steroid dienone is 2. The Hall–Kier alpha value is -3.06. The lowest BCUT2D eigenvalue weighted by molar-refractivity contribution is 1.61. The van der Waals surface area contributed by atoms with Crippen LogP contribution in [0.15, 0.2) is 35.4 Å². The summed E-state index contributed by atoms with van der Waals surface area (Å²) in [5.41, 5.74) is 2.79. The highest BCUT2D eigenvalue weighted by molar-refractivity contribution is 5.69. The minimum Gasteiger partial charge on any atom is -0.114 e. The molecular weight excluding hydrogens is 216 g/mol. The van der Waals surface area contributed by atoms with Gasteiger partial charge in [-0.2, -0.15) is 0 Å². The van der Waals surface area contributed by atoms with Crippen molar-refractivity contribution < 1.29 is 0 Å². The molecule has 0 aromatic heterocycles. The highest BCUT2D eigenvalue weighted by atomic mass is 14.0. The van der Waals surface area contributed by atoms with Gasteiger partial charge in [-0.15, -0.1) is 25.7 Å². The maximum atomic E-state index is 5.27. The highest BCUT2D eigenvalue weighted by Crippen LogP contribution is 2.12. The van der Waals surface area contributed by atoms with Crippen molar-refractivity contribution in [3.8, 4) is 49.4 Å². The average molecular weight is 226 g/mol. The molecule has 0 atom stereocenters. The second-order valence-electron chi connectivity index (χ2n) is 3.36. The summed E-state index contributed by atoms with van der Waals surface area (Å²) in [6.07, 6.45) is 24.6. The summed E-state index contributed by atoms with van der Waals surface area (Å²) in [6.45, 7) is 0. The van der Waals surface area contributed by atoms with Crippen LogP contribution < -0.4 is 0 Å². The van der Waals surface area contributed by atoms with Gasteiger partial charge in [0.1, 0.15) is 0 Å². The summed E-state index contributed by atoms with van der Waals surface area (Å²) in [6, 6.07) is 7.59. The second kappa shape index (κ2) is 6.51. The summed E-state index contributed by atoms with van der Waals surface area (Å²) < 4.78 is 0. The fourth-order valence-electron chi connectivity index (χ4n) is 1.32. The van der Waals surface area contributed by atoms with Crippen LogP contribution >= 0.6 is 0 Å². The summed E-state index contributed by atoms with van der Waals surface area (Å²) in [5, 5.41) is 0. The van der Waals surface area contributed by atoms with Crippen molar-refractivity contribution in [1.82, 2.24) is 0 Å². The minimum absolute atomic E-state index is 0.491. The SMILES string of the molecule is C#CC(C#C)=Cc1cccc(C=C(C#C)C#C)c1. The van der Waals surface area contributed by atoms with Gasteiger partial charge in [-0.05, 0) is 29.3 Å². The molecule has 1 aromatic rings. The van der Waals surface area contributed by atoms with Gasteiger partial charge in [-0.1, -0.05) is 41.9 Å². The first-order chi connectivity index (χ1) is 8.73. The maximum absolute atomic E-state index is 5.27. The van der Waals surface area contributed by atoms with Crippen molar-refractivity contribution in [2.24, 2.45) is 0 Å². The van der Waals surface area contributed by atoms with E-state index in [9.17, 15) is 0 Å². The number of terminal acetylenes is 4. The molecule has 1 aromatic carbocycles. The van der Waals surface area contributed by atoms with E-state index in [1.807, 2.05) is 24.3 Å². The van der Waals surface area contributed by atoms with Crippen molar-refractivity contribution in [2.45, 2.75) is 0 Å². The summed E-state index contributed by atoms with van der Waals surface area (Å²) in [5.74, 6) is 9.71. The van der Waals surface area contributed by atoms with Gasteiger partial charge in [-0.3, -0.25) is 0 Å². The van der Waals surface area contributed by atoms with Crippen molar-refractivity contribution in [3.05, 3.63) is 46.5 Å². The maximum Gasteiger partial charge on any atom is 0.0744 e. The Bertz CT molecular complexity index is 579. The van der Waals surface area contributed by atoms with Gasteiger partial charge in [0.05, 0.1) is 11.1 Å². The largest absolute Gasteiger partial charge is 0.114 e. The van der Waals surface area contributed by atoms with Crippen LogP contribution in [0.1, 0.15) is 11.1 Å². The van der Waals surface area contributed by atoms with E-state index in [4.69, 9.17) is 25.7 Å². The average Bonchev–Trinajstić information content (AvgIpc) is 2.42. The molecule has 0 heterocycles. The number of hydrogen-bond donors (Lipinski definition) is 0. The van der Waals surface area contributed by atoms with Crippen molar-refractivity contribution in [1.29, 1.82) is 0 Å². The lowest BCUT2D eigenvalue weighted by Crippen LogP contribution is -1.80. The molecular formula is C18H10. The van der Waals surface area contributed by atoms with Crippen molar-refractivity contribution in [3.63, 3.8) is 0 Å². The van der Waals surface area contributed by atoms with Crippen LogP contribution in [0.25, 0.3) is 12.2 Å². The number of hydrogen-bond acceptors (Lipinski definition) is 0. The van der Waals surface area contributed by atoms with Gasteiger partial charge in [0.15, 0.2) is 0 Å². The summed E-state index contributed by atoms with van der Waals surface area (Å²) in [7, 11) is 0. The van der Waals surface area contributed by atoms with Gasteiger partial charge >= 0.3 is 0 Å². The molecule has 0 bridgehead atoms. The zero-order chi connectivity index (χ0) is 13.4. The van der Waals surface area contributed by atoms with Gasteiger partial charge in [0, 0.05) is 0 Å². The molecule has 0 unspecified atom stereocenters. The monoisotopic (exact) mass is 226 g/mol. The Labute approximate surface area is 108 Å². The van der Waals surface area contributed by atoms with E-state index in [2.05, 4.69) is 23.7 Å². The molecule has 1 rings (SSSR count). The first kappa shape index (κ1) is 13.0. The van der Waals surface area contributed by atoms with Crippen LogP contribution in [0, 0.1) is 49.4 Å². The molecule has 0 spiro atoms. The standard InChI is InChI=1S/C18H10/c1-5-15(6-2)12-17-10-9-11-18(14-17)13-16(7-3)8-4/h1-4,9-14H. The second-order valence-corrected chi connectivity index (χ2v) is 3.36. The third-order valence-corrected chi connectivity index (χ3v) is 2.15. The predicted molar refractivity (Wildman–Crippen MR) is 77.7 cm³/mol. The summed E-state index contributed by atoms with van der Waals surface area (Å²) >= 11 is 0. The van der Waals surface area contributed by atoms with Crippen LogP contribution in [-0.4, -0.2) is 0 Å². The molecule has 0 N–H and O–H groups in total. The molecule has 0 nitrogen and oxygen atoms in total. The fraction of sp³-hybridized carbons (Fsp3) is 0. The van der Waals surface area contributed by atoms with Crippen LogP contribution in [0.3, 0.4) is 0 Å². The Kier molecular flexibility index (Phi) is 4.70. The van der Waals surface area contributed by atoms with E-state index in [-0.39, 0.29) is 0 Å². The molecule has 0 aliphatic rings. The highest BCUT2D eigenvalue weighted by Gasteiger charge is 1.94. The quantitative estimate of drug-likeness (QED) is 0.680. The Morgan fingerprint density at radius 1 is 0.778 bits per heavy atom. The van der Waals surface area contributed by atoms with Crippen LogP contribution in [-0.2, 0) is 0 Å². The van der Waals surface area contributed by atoms with Gasteiger partial charge in [0.2, 0.25) is 0 Å². The van der Waals surface area contributed by atoms with E-state index in [1.165, 1.54) is 0 Å². The van der Waals surface area contributed by atoms with E-state index >= 15 is 0 Å². The fourth-order valence-corrected chi connectivity index (χ4v) is 1.32. The van der Waals surface area contributed by atoms with Crippen LogP contribution in [0.2, 0.25) is 0 Å².